The van der Waals surface area contributed by atoms with E-state index in [1.807, 2.05) is 65.7 Å². The second-order valence-corrected chi connectivity index (χ2v) is 7.95. The molecule has 1 saturated heterocycles. The van der Waals surface area contributed by atoms with Crippen molar-refractivity contribution in [1.29, 1.82) is 0 Å². The maximum Gasteiger partial charge on any atom is 0.254 e. The average Bonchev–Trinajstić information content (AvgIpc) is 3.40. The summed E-state index contributed by atoms with van der Waals surface area (Å²) in [5, 5.41) is 6.05. The molecule has 1 fully saturated rings. The number of benzene rings is 1. The van der Waals surface area contributed by atoms with Gasteiger partial charge >= 0.3 is 0 Å². The second kappa shape index (κ2) is 8.12. The van der Waals surface area contributed by atoms with E-state index in [0.717, 1.165) is 29.2 Å². The summed E-state index contributed by atoms with van der Waals surface area (Å²) in [6.45, 7) is 3.57. The molecule has 0 radical (unpaired) electrons. The van der Waals surface area contributed by atoms with Gasteiger partial charge in [0.1, 0.15) is 0 Å². The van der Waals surface area contributed by atoms with E-state index in [0.29, 0.717) is 31.3 Å². The molecule has 0 bridgehead atoms. The molecule has 0 atom stereocenters. The first kappa shape index (κ1) is 18.6. The third-order valence-corrected chi connectivity index (χ3v) is 5.70. The van der Waals surface area contributed by atoms with Crippen molar-refractivity contribution >= 4 is 22.9 Å². The monoisotopic (exact) mass is 397 g/mol. The van der Waals surface area contributed by atoms with Gasteiger partial charge in [0.05, 0.1) is 11.4 Å². The van der Waals surface area contributed by atoms with Gasteiger partial charge in [0.25, 0.3) is 5.91 Å². The lowest BCUT2D eigenvalue weighted by atomic mass is 10.1. The molecule has 7 nitrogen and oxygen atoms in total. The number of nitrogens with zero attached hydrogens (tertiary/aromatic N) is 5. The first-order valence-corrected chi connectivity index (χ1v) is 10.1. The molecule has 1 aliphatic heterocycles. The summed E-state index contributed by atoms with van der Waals surface area (Å²) in [7, 11) is 3.95. The number of carbonyl (C=O) groups excluding carboxylic acids is 1. The zero-order valence-electron chi connectivity index (χ0n) is 16.0. The molecule has 8 heteroatoms. The lowest BCUT2D eigenvalue weighted by molar-refractivity contribution is 0.0615. The van der Waals surface area contributed by atoms with E-state index in [2.05, 4.69) is 15.0 Å². The predicted octanol–water partition coefficient (Wildman–Crippen LogP) is 2.82. The van der Waals surface area contributed by atoms with Crippen LogP contribution in [0.4, 0.5) is 5.69 Å². The molecule has 3 heterocycles. The Morgan fingerprint density at radius 3 is 2.71 bits per heavy atom. The number of piperazine rings is 1. The van der Waals surface area contributed by atoms with Crippen molar-refractivity contribution in [3.63, 3.8) is 0 Å². The molecule has 0 spiro atoms. The fourth-order valence-corrected chi connectivity index (χ4v) is 3.87. The summed E-state index contributed by atoms with van der Waals surface area (Å²) in [5.41, 5.74) is 1.76. The summed E-state index contributed by atoms with van der Waals surface area (Å²) in [6, 6.07) is 11.7. The summed E-state index contributed by atoms with van der Waals surface area (Å²) in [4.78, 5) is 24.5. The number of hydrogen-bond donors (Lipinski definition) is 0. The van der Waals surface area contributed by atoms with Gasteiger partial charge in [0.2, 0.25) is 11.7 Å². The Bertz CT molecular complexity index is 930. The smallest absolute Gasteiger partial charge is 0.254 e. The highest BCUT2D eigenvalue weighted by Gasteiger charge is 2.23. The molecule has 146 valence electrons. The van der Waals surface area contributed by atoms with E-state index in [4.69, 9.17) is 4.52 Å². The highest BCUT2D eigenvalue weighted by molar-refractivity contribution is 7.13. The molecule has 3 aromatic rings. The van der Waals surface area contributed by atoms with Gasteiger partial charge in [0, 0.05) is 51.5 Å². The maximum absolute atomic E-state index is 12.8. The zero-order chi connectivity index (χ0) is 19.5. The van der Waals surface area contributed by atoms with Crippen molar-refractivity contribution in [2.75, 3.05) is 45.2 Å². The molecule has 4 rings (SSSR count). The van der Waals surface area contributed by atoms with Gasteiger partial charge in [-0.1, -0.05) is 17.3 Å². The third kappa shape index (κ3) is 4.07. The Morgan fingerprint density at radius 2 is 2.00 bits per heavy atom. The minimum absolute atomic E-state index is 0.0844. The van der Waals surface area contributed by atoms with Gasteiger partial charge in [-0.3, -0.25) is 9.69 Å². The van der Waals surface area contributed by atoms with Crippen molar-refractivity contribution in [1.82, 2.24) is 19.9 Å². The van der Waals surface area contributed by atoms with Gasteiger partial charge in [-0.05, 0) is 29.6 Å². The fraction of sp³-hybridized carbons (Fsp3) is 0.350. The molecule has 0 unspecified atom stereocenters. The first-order valence-electron chi connectivity index (χ1n) is 9.25. The van der Waals surface area contributed by atoms with Gasteiger partial charge in [0.15, 0.2) is 0 Å². The van der Waals surface area contributed by atoms with E-state index in [1.54, 1.807) is 11.3 Å². The first-order chi connectivity index (χ1) is 13.6. The number of anilines is 1. The average molecular weight is 398 g/mol. The molecular weight excluding hydrogens is 374 g/mol. The summed E-state index contributed by atoms with van der Waals surface area (Å²) >= 11 is 1.59. The van der Waals surface area contributed by atoms with E-state index >= 15 is 0 Å². The van der Waals surface area contributed by atoms with Crippen LogP contribution in [0.1, 0.15) is 16.2 Å². The zero-order valence-corrected chi connectivity index (χ0v) is 16.9. The molecule has 0 aliphatic carbocycles. The van der Waals surface area contributed by atoms with Crippen LogP contribution in [0.15, 0.2) is 46.3 Å². The summed E-state index contributed by atoms with van der Waals surface area (Å²) in [5.74, 6) is 1.34. The number of amides is 1. The molecule has 2 aromatic heterocycles. The Balaban J connectivity index is 1.33. The van der Waals surface area contributed by atoms with Crippen LogP contribution in [0.25, 0.3) is 10.7 Å². The molecule has 0 N–H and O–H groups in total. The fourth-order valence-electron chi connectivity index (χ4n) is 3.23. The Labute approximate surface area is 168 Å². The standard InChI is InChI=1S/C20H23N5O2S/c1-23(2)16-6-3-5-15(13-16)20(26)25-10-8-24(9-11-25)14-18-21-19(22-27-18)17-7-4-12-28-17/h3-7,12-13H,8-11,14H2,1-2H3. The number of thiophene rings is 1. The van der Waals surface area contributed by atoms with E-state index in [-0.39, 0.29) is 5.91 Å². The highest BCUT2D eigenvalue weighted by Crippen LogP contribution is 2.22. The van der Waals surface area contributed by atoms with Crippen LogP contribution in [0.5, 0.6) is 0 Å². The number of carbonyl (C=O) groups is 1. The Morgan fingerprint density at radius 1 is 1.18 bits per heavy atom. The molecule has 1 amide bonds. The lowest BCUT2D eigenvalue weighted by Gasteiger charge is -2.34. The van der Waals surface area contributed by atoms with E-state index < -0.39 is 0 Å². The van der Waals surface area contributed by atoms with E-state index in [9.17, 15) is 4.79 Å². The third-order valence-electron chi connectivity index (χ3n) is 4.84. The maximum atomic E-state index is 12.8. The van der Waals surface area contributed by atoms with Crippen LogP contribution >= 0.6 is 11.3 Å². The second-order valence-electron chi connectivity index (χ2n) is 7.00. The molecule has 1 aromatic carbocycles. The molecule has 28 heavy (non-hydrogen) atoms. The molecular formula is C20H23N5O2S. The molecule has 0 saturated carbocycles. The van der Waals surface area contributed by atoms with Crippen molar-refractivity contribution in [2.24, 2.45) is 0 Å². The largest absolute Gasteiger partial charge is 0.378 e. The minimum Gasteiger partial charge on any atom is -0.378 e. The number of rotatable bonds is 5. The van der Waals surface area contributed by atoms with Crippen molar-refractivity contribution in [2.45, 2.75) is 6.54 Å². The van der Waals surface area contributed by atoms with Crippen molar-refractivity contribution in [3.05, 3.63) is 53.2 Å². The minimum atomic E-state index is 0.0844. The quantitative estimate of drug-likeness (QED) is 0.660. The SMILES string of the molecule is CN(C)c1cccc(C(=O)N2CCN(Cc3nc(-c4cccs4)no3)CC2)c1. The van der Waals surface area contributed by atoms with Crippen LogP contribution in [0.2, 0.25) is 0 Å². The van der Waals surface area contributed by atoms with Crippen LogP contribution in [0.3, 0.4) is 0 Å². The van der Waals surface area contributed by atoms with Crippen LogP contribution in [-0.4, -0.2) is 66.1 Å². The predicted molar refractivity (Wildman–Crippen MR) is 110 cm³/mol. The normalized spacial score (nSPS) is 15.0. The van der Waals surface area contributed by atoms with E-state index in [1.165, 1.54) is 0 Å². The van der Waals surface area contributed by atoms with Crippen LogP contribution in [0, 0.1) is 0 Å². The van der Waals surface area contributed by atoms with Crippen LogP contribution in [-0.2, 0) is 6.54 Å². The number of aromatic nitrogens is 2. The summed E-state index contributed by atoms with van der Waals surface area (Å²) in [6.07, 6.45) is 0. The van der Waals surface area contributed by atoms with Gasteiger partial charge in [-0.25, -0.2) is 0 Å². The lowest BCUT2D eigenvalue weighted by Crippen LogP contribution is -2.48. The molecule has 1 aliphatic rings. The number of hydrogen-bond acceptors (Lipinski definition) is 7. The van der Waals surface area contributed by atoms with Crippen LogP contribution < -0.4 is 4.90 Å². The van der Waals surface area contributed by atoms with Crippen molar-refractivity contribution in [3.8, 4) is 10.7 Å². The highest BCUT2D eigenvalue weighted by atomic mass is 32.1. The van der Waals surface area contributed by atoms with Gasteiger partial charge in [-0.15, -0.1) is 11.3 Å². The Hall–Kier alpha value is -2.71. The van der Waals surface area contributed by atoms with Gasteiger partial charge < -0.3 is 14.3 Å². The topological polar surface area (TPSA) is 65.7 Å². The van der Waals surface area contributed by atoms with Gasteiger partial charge in [-0.2, -0.15) is 4.98 Å². The Kier molecular flexibility index (Phi) is 5.40. The van der Waals surface area contributed by atoms with Crippen molar-refractivity contribution < 1.29 is 9.32 Å². The summed E-state index contributed by atoms with van der Waals surface area (Å²) < 4.78 is 5.39.